The van der Waals surface area contributed by atoms with E-state index in [1.807, 2.05) is 42.5 Å². The van der Waals surface area contributed by atoms with Crippen molar-refractivity contribution in [1.29, 1.82) is 0 Å². The summed E-state index contributed by atoms with van der Waals surface area (Å²) in [4.78, 5) is 32.9. The first-order valence-corrected chi connectivity index (χ1v) is 16.8. The third-order valence-electron chi connectivity index (χ3n) is 8.08. The van der Waals surface area contributed by atoms with Crippen LogP contribution in [0.25, 0.3) is 16.8 Å². The highest BCUT2D eigenvalue weighted by atomic mass is 79.9. The average molecular weight is 730 g/mol. The second-order valence-corrected chi connectivity index (χ2v) is 12.7. The quantitative estimate of drug-likeness (QED) is 0.155. The lowest BCUT2D eigenvalue weighted by Gasteiger charge is -2.26. The molecule has 1 aliphatic rings. The fourth-order valence-corrected chi connectivity index (χ4v) is 7.41. The molecular weight excluding hydrogens is 696 g/mol. The van der Waals surface area contributed by atoms with Gasteiger partial charge < -0.3 is 23.7 Å². The normalized spacial score (nSPS) is 14.4. The highest BCUT2D eigenvalue weighted by Gasteiger charge is 2.35. The zero-order chi connectivity index (χ0) is 33.9. The zero-order valence-corrected chi connectivity index (χ0v) is 29.4. The minimum atomic E-state index is -0.857. The molecule has 5 aromatic rings. The molecule has 0 aliphatic carbocycles. The van der Waals surface area contributed by atoms with E-state index in [0.717, 1.165) is 16.3 Å². The fourth-order valence-electron chi connectivity index (χ4n) is 5.84. The van der Waals surface area contributed by atoms with E-state index in [9.17, 15) is 9.59 Å². The SMILES string of the molecule is CCOC(=O)C1=C(C)N=c2s/c(=C\c3cccc(OC)c3OCc3cccc4ccccc34)c(=O)n2[C@@H]1c1cc(OC)c(OC)cc1Br. The number of ether oxygens (including phenoxy) is 5. The number of fused-ring (bicyclic) bond motifs is 2. The maximum atomic E-state index is 14.4. The number of methoxy groups -OCH3 is 3. The fraction of sp³-hybridized carbons (Fsp3) is 0.216. The predicted octanol–water partition coefficient (Wildman–Crippen LogP) is 6.32. The Balaban J connectivity index is 1.50. The molecule has 0 unspecified atom stereocenters. The second kappa shape index (κ2) is 14.1. The van der Waals surface area contributed by atoms with Gasteiger partial charge in [0.1, 0.15) is 6.61 Å². The van der Waals surface area contributed by atoms with Crippen LogP contribution in [0.5, 0.6) is 23.0 Å². The number of carbonyl (C=O) groups excluding carboxylic acids is 1. The van der Waals surface area contributed by atoms with Gasteiger partial charge in [0.05, 0.1) is 49.8 Å². The molecule has 0 saturated heterocycles. The lowest BCUT2D eigenvalue weighted by atomic mass is 9.95. The van der Waals surface area contributed by atoms with Crippen LogP contribution in [0.3, 0.4) is 0 Å². The first kappa shape index (κ1) is 33.0. The summed E-state index contributed by atoms with van der Waals surface area (Å²) in [6.07, 6.45) is 1.77. The summed E-state index contributed by atoms with van der Waals surface area (Å²) in [7, 11) is 4.65. The van der Waals surface area contributed by atoms with Gasteiger partial charge in [0, 0.05) is 10.0 Å². The molecule has 9 nitrogen and oxygen atoms in total. The van der Waals surface area contributed by atoms with Gasteiger partial charge in [-0.05, 0) is 60.0 Å². The van der Waals surface area contributed by atoms with Crippen LogP contribution < -0.4 is 33.8 Å². The molecule has 0 radical (unpaired) electrons. The van der Waals surface area contributed by atoms with E-state index in [1.165, 1.54) is 23.0 Å². The van der Waals surface area contributed by atoms with Crippen molar-refractivity contribution in [2.45, 2.75) is 26.5 Å². The van der Waals surface area contributed by atoms with Gasteiger partial charge in [-0.2, -0.15) is 0 Å². The Kier molecular flexibility index (Phi) is 9.70. The predicted molar refractivity (Wildman–Crippen MR) is 189 cm³/mol. The molecule has 1 atom stereocenters. The molecule has 0 fully saturated rings. The number of allylic oxidation sites excluding steroid dienone is 1. The van der Waals surface area contributed by atoms with Gasteiger partial charge in [-0.3, -0.25) is 9.36 Å². The third kappa shape index (κ3) is 6.11. The molecule has 0 amide bonds. The van der Waals surface area contributed by atoms with Crippen LogP contribution >= 0.6 is 27.3 Å². The van der Waals surface area contributed by atoms with Crippen LogP contribution in [0.2, 0.25) is 0 Å². The van der Waals surface area contributed by atoms with Gasteiger partial charge in [0.25, 0.3) is 5.56 Å². The Bertz CT molecular complexity index is 2250. The van der Waals surface area contributed by atoms with Crippen LogP contribution in [0.4, 0.5) is 0 Å². The Morgan fingerprint density at radius 3 is 2.42 bits per heavy atom. The number of aromatic nitrogens is 1. The summed E-state index contributed by atoms with van der Waals surface area (Å²) in [5.74, 6) is 1.41. The number of rotatable bonds is 10. The number of hydrogen-bond acceptors (Lipinski definition) is 9. The minimum Gasteiger partial charge on any atom is -0.493 e. The third-order valence-corrected chi connectivity index (χ3v) is 9.75. The lowest BCUT2D eigenvalue weighted by molar-refractivity contribution is -0.139. The summed E-state index contributed by atoms with van der Waals surface area (Å²) in [5.41, 5.74) is 2.66. The van der Waals surface area contributed by atoms with Gasteiger partial charge in [0.2, 0.25) is 0 Å². The van der Waals surface area contributed by atoms with Crippen LogP contribution in [0, 0.1) is 0 Å². The highest BCUT2D eigenvalue weighted by Crippen LogP contribution is 2.41. The molecule has 0 bridgehead atoms. The molecule has 0 N–H and O–H groups in total. The number of esters is 1. The van der Waals surface area contributed by atoms with Crippen molar-refractivity contribution in [2.75, 3.05) is 27.9 Å². The molecule has 0 saturated carbocycles. The van der Waals surface area contributed by atoms with Crippen molar-refractivity contribution < 1.29 is 28.5 Å². The topological polar surface area (TPSA) is 97.6 Å². The van der Waals surface area contributed by atoms with Gasteiger partial charge >= 0.3 is 5.97 Å². The van der Waals surface area contributed by atoms with E-state index < -0.39 is 12.0 Å². The average Bonchev–Trinajstić information content (AvgIpc) is 3.40. The van der Waals surface area contributed by atoms with E-state index in [4.69, 9.17) is 28.7 Å². The summed E-state index contributed by atoms with van der Waals surface area (Å²) in [5, 5.41) is 2.21. The van der Waals surface area contributed by atoms with Gasteiger partial charge in [-0.15, -0.1) is 0 Å². The van der Waals surface area contributed by atoms with Crippen LogP contribution in [0.1, 0.15) is 36.6 Å². The Labute approximate surface area is 289 Å². The van der Waals surface area contributed by atoms with E-state index in [0.29, 0.717) is 60.2 Å². The van der Waals surface area contributed by atoms with Gasteiger partial charge in [0.15, 0.2) is 27.8 Å². The number of benzene rings is 4. The summed E-state index contributed by atoms with van der Waals surface area (Å²) in [6.45, 7) is 3.93. The van der Waals surface area contributed by atoms with Crippen molar-refractivity contribution in [1.82, 2.24) is 4.57 Å². The van der Waals surface area contributed by atoms with E-state index in [2.05, 4.69) is 34.1 Å². The number of carbonyl (C=O) groups is 1. The largest absolute Gasteiger partial charge is 0.493 e. The van der Waals surface area contributed by atoms with Crippen molar-refractivity contribution in [3.05, 3.63) is 125 Å². The van der Waals surface area contributed by atoms with Crippen LogP contribution in [-0.2, 0) is 16.1 Å². The highest BCUT2D eigenvalue weighted by molar-refractivity contribution is 9.10. The van der Waals surface area contributed by atoms with Crippen LogP contribution in [-0.4, -0.2) is 38.5 Å². The molecule has 6 rings (SSSR count). The van der Waals surface area contributed by atoms with Crippen molar-refractivity contribution in [2.24, 2.45) is 4.99 Å². The Morgan fingerprint density at radius 2 is 1.67 bits per heavy atom. The number of thiazole rings is 1. The molecule has 2 heterocycles. The molecular formula is C37H33BrN2O7S. The molecule has 11 heteroatoms. The number of para-hydroxylation sites is 1. The Hall–Kier alpha value is -4.87. The first-order valence-electron chi connectivity index (χ1n) is 15.2. The summed E-state index contributed by atoms with van der Waals surface area (Å²) < 4.78 is 31.2. The summed E-state index contributed by atoms with van der Waals surface area (Å²) in [6, 6.07) is 22.4. The molecule has 0 spiro atoms. The molecule has 1 aromatic heterocycles. The lowest BCUT2D eigenvalue weighted by Crippen LogP contribution is -2.40. The molecule has 48 heavy (non-hydrogen) atoms. The number of nitrogens with zero attached hydrogens (tertiary/aromatic N) is 2. The van der Waals surface area contributed by atoms with Crippen molar-refractivity contribution >= 4 is 50.1 Å². The maximum absolute atomic E-state index is 14.4. The smallest absolute Gasteiger partial charge is 0.338 e. The maximum Gasteiger partial charge on any atom is 0.338 e. The standard InChI is InChI=1S/C37H33BrN2O7S/c1-6-46-36(42)32-21(2)39-37-40(33(32)26-18-29(44-4)30(45-5)19-27(26)38)35(41)31(48-37)17-23-13-10-16-28(43-3)34(23)47-20-24-14-9-12-22-11-7-8-15-25(22)24/h7-19,33H,6,20H2,1-5H3/b31-17-/t33-/m1/s1. The van der Waals surface area contributed by atoms with Gasteiger partial charge in [-0.1, -0.05) is 81.9 Å². The first-order chi connectivity index (χ1) is 23.3. The molecule has 246 valence electrons. The van der Waals surface area contributed by atoms with E-state index in [-0.39, 0.29) is 17.7 Å². The number of halogens is 1. The second-order valence-electron chi connectivity index (χ2n) is 10.8. The molecule has 4 aromatic carbocycles. The van der Waals surface area contributed by atoms with Crippen molar-refractivity contribution in [3.8, 4) is 23.0 Å². The van der Waals surface area contributed by atoms with E-state index in [1.54, 1.807) is 46.3 Å². The van der Waals surface area contributed by atoms with E-state index >= 15 is 0 Å². The van der Waals surface area contributed by atoms with Crippen molar-refractivity contribution in [3.63, 3.8) is 0 Å². The minimum absolute atomic E-state index is 0.164. The molecule has 1 aliphatic heterocycles. The number of hydrogen-bond donors (Lipinski definition) is 0. The summed E-state index contributed by atoms with van der Waals surface area (Å²) >= 11 is 4.87. The monoisotopic (exact) mass is 728 g/mol. The van der Waals surface area contributed by atoms with Gasteiger partial charge in [-0.25, -0.2) is 9.79 Å². The Morgan fingerprint density at radius 1 is 0.958 bits per heavy atom. The zero-order valence-electron chi connectivity index (χ0n) is 27.0. The van der Waals surface area contributed by atoms with Crippen LogP contribution in [0.15, 0.2) is 98.3 Å².